The number of benzene rings is 4. The second kappa shape index (κ2) is 5.39. The van der Waals surface area contributed by atoms with Crippen LogP contribution in [-0.4, -0.2) is 4.57 Å². The highest BCUT2D eigenvalue weighted by atomic mass is 16.6. The van der Waals surface area contributed by atoms with Gasteiger partial charge in [-0.25, -0.2) is 0 Å². The summed E-state index contributed by atoms with van der Waals surface area (Å²) in [7, 11) is 0. The van der Waals surface area contributed by atoms with Crippen molar-refractivity contribution in [3.05, 3.63) is 91.0 Å². The van der Waals surface area contributed by atoms with E-state index in [2.05, 4.69) is 59.2 Å². The largest absolute Gasteiger partial charge is 0.450 e. The van der Waals surface area contributed by atoms with Crippen LogP contribution in [0.4, 0.5) is 0 Å². The van der Waals surface area contributed by atoms with E-state index in [1.807, 2.05) is 36.4 Å². The number of aromatic nitrogens is 1. The van der Waals surface area contributed by atoms with E-state index in [1.54, 1.807) is 0 Å². The number of ether oxygens (including phenoxy) is 2. The van der Waals surface area contributed by atoms with Crippen LogP contribution in [0.2, 0.25) is 0 Å². The summed E-state index contributed by atoms with van der Waals surface area (Å²) in [5, 5.41) is 2.49. The zero-order valence-electron chi connectivity index (χ0n) is 14.4. The van der Waals surface area contributed by atoms with Gasteiger partial charge in [-0.15, -0.1) is 0 Å². The molecule has 3 heteroatoms. The van der Waals surface area contributed by atoms with Crippen molar-refractivity contribution in [2.24, 2.45) is 0 Å². The van der Waals surface area contributed by atoms with Crippen molar-refractivity contribution < 1.29 is 9.47 Å². The normalized spacial score (nSPS) is 12.3. The van der Waals surface area contributed by atoms with E-state index in [-0.39, 0.29) is 0 Å². The fraction of sp³-hybridized carbons (Fsp3) is 0. The summed E-state index contributed by atoms with van der Waals surface area (Å²) in [5.74, 6) is 2.95. The van der Waals surface area contributed by atoms with Crippen molar-refractivity contribution in [1.82, 2.24) is 4.57 Å². The molecule has 0 unspecified atom stereocenters. The molecule has 27 heavy (non-hydrogen) atoms. The summed E-state index contributed by atoms with van der Waals surface area (Å²) in [6, 6.07) is 30.8. The van der Waals surface area contributed by atoms with Crippen LogP contribution in [0.25, 0.3) is 27.5 Å². The van der Waals surface area contributed by atoms with Crippen LogP contribution in [-0.2, 0) is 0 Å². The Kier molecular flexibility index (Phi) is 2.88. The molecule has 0 fully saturated rings. The predicted molar refractivity (Wildman–Crippen MR) is 107 cm³/mol. The Bertz CT molecular complexity index is 1280. The summed E-state index contributed by atoms with van der Waals surface area (Å²) in [5.41, 5.74) is 3.40. The summed E-state index contributed by atoms with van der Waals surface area (Å²) >= 11 is 0. The molecule has 1 aliphatic heterocycles. The molecule has 0 bridgehead atoms. The molecular formula is C24H15NO2. The molecule has 5 aromatic rings. The Morgan fingerprint density at radius 2 is 1.00 bits per heavy atom. The molecule has 0 spiro atoms. The summed E-state index contributed by atoms with van der Waals surface area (Å²) in [4.78, 5) is 0. The Balaban J connectivity index is 1.59. The van der Waals surface area contributed by atoms with Crippen LogP contribution < -0.4 is 9.47 Å². The molecular weight excluding hydrogens is 334 g/mol. The second-order valence-electron chi connectivity index (χ2n) is 6.65. The average Bonchev–Trinajstić information content (AvgIpc) is 3.06. The van der Waals surface area contributed by atoms with Gasteiger partial charge in [0.2, 0.25) is 0 Å². The minimum atomic E-state index is 0.730. The number of hydrogen-bond donors (Lipinski definition) is 0. The first kappa shape index (κ1) is 14.4. The van der Waals surface area contributed by atoms with Gasteiger partial charge in [-0.1, -0.05) is 48.5 Å². The number of hydrogen-bond acceptors (Lipinski definition) is 2. The van der Waals surface area contributed by atoms with Gasteiger partial charge in [-0.3, -0.25) is 0 Å². The highest BCUT2D eigenvalue weighted by Gasteiger charge is 2.20. The van der Waals surface area contributed by atoms with Crippen molar-refractivity contribution in [2.75, 3.05) is 0 Å². The lowest BCUT2D eigenvalue weighted by molar-refractivity contribution is 0.359. The fourth-order valence-corrected chi connectivity index (χ4v) is 3.86. The lowest BCUT2D eigenvalue weighted by Crippen LogP contribution is -2.01. The van der Waals surface area contributed by atoms with Gasteiger partial charge in [0.1, 0.15) is 0 Å². The molecule has 0 atom stereocenters. The monoisotopic (exact) mass is 349 g/mol. The Morgan fingerprint density at radius 1 is 0.481 bits per heavy atom. The van der Waals surface area contributed by atoms with Gasteiger partial charge in [-0.05, 0) is 36.4 Å². The standard InChI is InChI=1S/C24H15NO2/c1-3-9-19-17(7-1)18-8-2-4-10-20(18)25(19)16-13-14-23-24(15-16)27-22-12-6-5-11-21(22)26-23/h1-15H. The summed E-state index contributed by atoms with van der Waals surface area (Å²) in [6.07, 6.45) is 0. The highest BCUT2D eigenvalue weighted by molar-refractivity contribution is 6.09. The van der Waals surface area contributed by atoms with E-state index in [0.717, 1.165) is 28.7 Å². The zero-order valence-corrected chi connectivity index (χ0v) is 14.4. The third kappa shape index (κ3) is 2.09. The number of fused-ring (bicyclic) bond motifs is 5. The minimum absolute atomic E-state index is 0.730. The molecule has 4 aromatic carbocycles. The van der Waals surface area contributed by atoms with Gasteiger partial charge in [0.25, 0.3) is 0 Å². The van der Waals surface area contributed by atoms with E-state index in [9.17, 15) is 0 Å². The fourth-order valence-electron chi connectivity index (χ4n) is 3.86. The molecule has 0 amide bonds. The number of rotatable bonds is 1. The zero-order chi connectivity index (χ0) is 17.8. The van der Waals surface area contributed by atoms with Crippen molar-refractivity contribution in [1.29, 1.82) is 0 Å². The highest BCUT2D eigenvalue weighted by Crippen LogP contribution is 2.46. The van der Waals surface area contributed by atoms with Crippen molar-refractivity contribution in [3.8, 4) is 28.7 Å². The quantitative estimate of drug-likeness (QED) is 0.330. The maximum absolute atomic E-state index is 6.10. The molecule has 1 aromatic heterocycles. The molecule has 0 radical (unpaired) electrons. The Hall–Kier alpha value is -3.72. The molecule has 1 aliphatic rings. The molecule has 0 aliphatic carbocycles. The molecule has 3 nitrogen and oxygen atoms in total. The molecule has 0 N–H and O–H groups in total. The first-order chi connectivity index (χ1) is 13.4. The lowest BCUT2D eigenvalue weighted by Gasteiger charge is -2.21. The van der Waals surface area contributed by atoms with Gasteiger partial charge in [-0.2, -0.15) is 0 Å². The van der Waals surface area contributed by atoms with Crippen molar-refractivity contribution in [3.63, 3.8) is 0 Å². The van der Waals surface area contributed by atoms with Crippen LogP contribution in [0.15, 0.2) is 91.0 Å². The van der Waals surface area contributed by atoms with Gasteiger partial charge < -0.3 is 14.0 Å². The molecule has 0 saturated carbocycles. The predicted octanol–water partition coefficient (Wildman–Crippen LogP) is 6.68. The van der Waals surface area contributed by atoms with E-state index >= 15 is 0 Å². The third-order valence-corrected chi connectivity index (χ3v) is 5.05. The Morgan fingerprint density at radius 3 is 1.67 bits per heavy atom. The first-order valence-electron chi connectivity index (χ1n) is 8.96. The second-order valence-corrected chi connectivity index (χ2v) is 6.65. The van der Waals surface area contributed by atoms with Crippen LogP contribution >= 0.6 is 0 Å². The van der Waals surface area contributed by atoms with E-state index in [1.165, 1.54) is 21.8 Å². The smallest absolute Gasteiger partial charge is 0.172 e. The first-order valence-corrected chi connectivity index (χ1v) is 8.96. The van der Waals surface area contributed by atoms with Gasteiger partial charge in [0.15, 0.2) is 23.0 Å². The minimum Gasteiger partial charge on any atom is -0.450 e. The van der Waals surface area contributed by atoms with Crippen molar-refractivity contribution >= 4 is 21.8 Å². The Labute approximate surface area is 156 Å². The van der Waals surface area contributed by atoms with Crippen LogP contribution in [0.3, 0.4) is 0 Å². The van der Waals surface area contributed by atoms with Crippen LogP contribution in [0, 0.1) is 0 Å². The lowest BCUT2D eigenvalue weighted by atomic mass is 10.2. The van der Waals surface area contributed by atoms with Gasteiger partial charge in [0.05, 0.1) is 16.7 Å². The molecule has 2 heterocycles. The van der Waals surface area contributed by atoms with Crippen LogP contribution in [0.5, 0.6) is 23.0 Å². The summed E-state index contributed by atoms with van der Waals surface area (Å²) in [6.45, 7) is 0. The van der Waals surface area contributed by atoms with Crippen molar-refractivity contribution in [2.45, 2.75) is 0 Å². The van der Waals surface area contributed by atoms with E-state index < -0.39 is 0 Å². The molecule has 128 valence electrons. The van der Waals surface area contributed by atoms with E-state index in [4.69, 9.17) is 9.47 Å². The van der Waals surface area contributed by atoms with E-state index in [0.29, 0.717) is 0 Å². The van der Waals surface area contributed by atoms with Crippen LogP contribution in [0.1, 0.15) is 0 Å². The third-order valence-electron chi connectivity index (χ3n) is 5.05. The van der Waals surface area contributed by atoms with Gasteiger partial charge in [0, 0.05) is 16.8 Å². The average molecular weight is 349 g/mol. The molecule has 0 saturated heterocycles. The number of para-hydroxylation sites is 4. The van der Waals surface area contributed by atoms with Gasteiger partial charge >= 0.3 is 0 Å². The maximum Gasteiger partial charge on any atom is 0.172 e. The SMILES string of the molecule is c1ccc2c(c1)Oc1ccc(-n3c4ccccc4c4ccccc43)cc1O2. The molecule has 6 rings (SSSR count). The number of nitrogens with zero attached hydrogens (tertiary/aromatic N) is 1. The topological polar surface area (TPSA) is 23.4 Å². The summed E-state index contributed by atoms with van der Waals surface area (Å²) < 4.78 is 14.4. The maximum atomic E-state index is 6.10.